The fourth-order valence-electron chi connectivity index (χ4n) is 3.85. The Balaban J connectivity index is 0.00000272. The van der Waals surface area contributed by atoms with E-state index in [1.54, 1.807) is 30.1 Å². The molecule has 0 saturated carbocycles. The van der Waals surface area contributed by atoms with E-state index >= 15 is 0 Å². The van der Waals surface area contributed by atoms with Gasteiger partial charge in [0.15, 0.2) is 0 Å². The van der Waals surface area contributed by atoms with Crippen LogP contribution in [0.2, 0.25) is 10.0 Å². The fraction of sp³-hybridized carbons (Fsp3) is 0.227. The smallest absolute Gasteiger partial charge is 0.270 e. The van der Waals surface area contributed by atoms with Crippen LogP contribution in [0.3, 0.4) is 0 Å². The first-order chi connectivity index (χ1) is 14.4. The van der Waals surface area contributed by atoms with Gasteiger partial charge < -0.3 is 20.5 Å². The number of aryl methyl sites for hydroxylation is 1. The summed E-state index contributed by atoms with van der Waals surface area (Å²) >= 11 is 12.0. The largest absolute Gasteiger partial charge is 0.366 e. The molecule has 0 bridgehead atoms. The summed E-state index contributed by atoms with van der Waals surface area (Å²) in [5, 5.41) is 11.3. The molecule has 9 heteroatoms. The molecule has 1 aromatic heterocycles. The zero-order valence-corrected chi connectivity index (χ0v) is 18.5. The third-order valence-corrected chi connectivity index (χ3v) is 6.18. The highest BCUT2D eigenvalue weighted by Gasteiger charge is 2.26. The number of nitriles is 1. The van der Waals surface area contributed by atoms with E-state index in [9.17, 15) is 14.9 Å². The summed E-state index contributed by atoms with van der Waals surface area (Å²) in [5.41, 5.74) is 1.69. The molecule has 31 heavy (non-hydrogen) atoms. The van der Waals surface area contributed by atoms with Crippen LogP contribution in [-0.2, 0) is 7.05 Å². The third kappa shape index (κ3) is 3.98. The Hall–Kier alpha value is -3.05. The van der Waals surface area contributed by atoms with Gasteiger partial charge in [-0.1, -0.05) is 41.4 Å². The number of hydrogen-bond acceptors (Lipinski definition) is 5. The molecule has 1 aliphatic heterocycles. The van der Waals surface area contributed by atoms with Gasteiger partial charge in [-0.3, -0.25) is 9.59 Å². The summed E-state index contributed by atoms with van der Waals surface area (Å²) in [7, 11) is 1.67. The van der Waals surface area contributed by atoms with Gasteiger partial charge in [-0.2, -0.15) is 5.26 Å². The number of amides is 1. The van der Waals surface area contributed by atoms with Crippen LogP contribution in [0.15, 0.2) is 47.3 Å². The van der Waals surface area contributed by atoms with E-state index < -0.39 is 0 Å². The molecule has 7 nitrogen and oxygen atoms in total. The predicted octanol–water partition coefficient (Wildman–Crippen LogP) is 3.84. The van der Waals surface area contributed by atoms with Gasteiger partial charge in [0.1, 0.15) is 11.6 Å². The first-order valence-corrected chi connectivity index (χ1v) is 10.2. The summed E-state index contributed by atoms with van der Waals surface area (Å²) in [6.45, 7) is 1.96. The first-order valence-electron chi connectivity index (χ1n) is 9.43. The van der Waals surface area contributed by atoms with Crippen LogP contribution in [-0.4, -0.2) is 41.6 Å². The quantitative estimate of drug-likeness (QED) is 0.629. The number of carbonyl (C=O) groups excluding carboxylic acids is 1. The molecule has 0 spiro atoms. The molecule has 1 saturated heterocycles. The maximum Gasteiger partial charge on any atom is 0.270 e. The van der Waals surface area contributed by atoms with Crippen LogP contribution in [0, 0.1) is 11.3 Å². The number of aromatic nitrogens is 1. The Morgan fingerprint density at radius 3 is 2.35 bits per heavy atom. The van der Waals surface area contributed by atoms with Gasteiger partial charge in [-0.25, -0.2) is 0 Å². The second-order valence-electron chi connectivity index (χ2n) is 7.12. The van der Waals surface area contributed by atoms with E-state index in [1.165, 1.54) is 4.57 Å². The standard InChI is InChI=1S/C22H18Cl2N4O2.H3N/c1-26-19-5-3-2-4-15(19)20(16(13-25)22(26)30)27-8-10-28(11-9-27)21(29)14-6-7-17(23)18(24)12-14;/h2-7,12H,8-11H2,1H3;1H3. The van der Waals surface area contributed by atoms with Crippen LogP contribution >= 0.6 is 23.2 Å². The Kier molecular flexibility index (Phi) is 6.56. The van der Waals surface area contributed by atoms with Crippen molar-refractivity contribution in [2.45, 2.75) is 0 Å². The molecular formula is C22H21Cl2N5O2. The van der Waals surface area contributed by atoms with Gasteiger partial charge in [0.05, 0.1) is 21.2 Å². The summed E-state index contributed by atoms with van der Waals surface area (Å²) in [6, 6.07) is 14.5. The van der Waals surface area contributed by atoms with Crippen molar-refractivity contribution >= 4 is 45.7 Å². The number of pyridine rings is 1. The third-order valence-electron chi connectivity index (χ3n) is 5.44. The van der Waals surface area contributed by atoms with Gasteiger partial charge in [0, 0.05) is 44.2 Å². The van der Waals surface area contributed by atoms with Crippen LogP contribution < -0.4 is 16.6 Å². The number of hydrogen-bond donors (Lipinski definition) is 1. The molecule has 2 aromatic carbocycles. The Morgan fingerprint density at radius 1 is 1.03 bits per heavy atom. The van der Waals surface area contributed by atoms with E-state index in [0.717, 1.165) is 10.9 Å². The van der Waals surface area contributed by atoms with Crippen molar-refractivity contribution in [3.05, 3.63) is 74.0 Å². The number of para-hydroxylation sites is 1. The highest BCUT2D eigenvalue weighted by atomic mass is 35.5. The van der Waals surface area contributed by atoms with E-state index in [-0.39, 0.29) is 23.2 Å². The maximum absolute atomic E-state index is 12.8. The van der Waals surface area contributed by atoms with Crippen LogP contribution in [0.25, 0.3) is 10.9 Å². The van der Waals surface area contributed by atoms with Crippen LogP contribution in [0.4, 0.5) is 5.69 Å². The lowest BCUT2D eigenvalue weighted by Crippen LogP contribution is -2.49. The molecule has 4 rings (SSSR count). The highest BCUT2D eigenvalue weighted by Crippen LogP contribution is 2.29. The summed E-state index contributed by atoms with van der Waals surface area (Å²) in [4.78, 5) is 29.3. The second kappa shape index (κ2) is 8.98. The van der Waals surface area contributed by atoms with Gasteiger partial charge in [-0.05, 0) is 24.3 Å². The van der Waals surface area contributed by atoms with E-state index in [1.807, 2.05) is 29.2 Å². The topological polar surface area (TPSA) is 104 Å². The number of fused-ring (bicyclic) bond motifs is 1. The lowest BCUT2D eigenvalue weighted by Gasteiger charge is -2.37. The average molecular weight is 458 g/mol. The van der Waals surface area contributed by atoms with E-state index in [4.69, 9.17) is 23.2 Å². The monoisotopic (exact) mass is 457 g/mol. The molecule has 0 aliphatic carbocycles. The van der Waals surface area contributed by atoms with Crippen LogP contribution in [0.1, 0.15) is 15.9 Å². The van der Waals surface area contributed by atoms with Crippen molar-refractivity contribution in [2.75, 3.05) is 31.1 Å². The molecular weight excluding hydrogens is 437 g/mol. The SMILES string of the molecule is Cn1c(=O)c(C#N)c(N2CCN(C(=O)c3ccc(Cl)c(Cl)c3)CC2)c2ccccc21.N. The highest BCUT2D eigenvalue weighted by molar-refractivity contribution is 6.42. The van der Waals surface area contributed by atoms with Gasteiger partial charge in [0.25, 0.3) is 11.5 Å². The molecule has 0 radical (unpaired) electrons. The van der Waals surface area contributed by atoms with Gasteiger partial charge in [0.2, 0.25) is 0 Å². The van der Waals surface area contributed by atoms with Crippen LogP contribution in [0.5, 0.6) is 0 Å². The molecule has 160 valence electrons. The molecule has 1 aliphatic rings. The molecule has 0 unspecified atom stereocenters. The average Bonchev–Trinajstić information content (AvgIpc) is 2.77. The number of piperazine rings is 1. The zero-order chi connectivity index (χ0) is 21.4. The summed E-state index contributed by atoms with van der Waals surface area (Å²) < 4.78 is 1.50. The van der Waals surface area contributed by atoms with Crippen molar-refractivity contribution in [1.82, 2.24) is 15.6 Å². The molecule has 2 heterocycles. The van der Waals surface area contributed by atoms with Crippen molar-refractivity contribution in [2.24, 2.45) is 7.05 Å². The van der Waals surface area contributed by atoms with E-state index in [0.29, 0.717) is 47.5 Å². The minimum absolute atomic E-state index is 0. The number of halogens is 2. The molecule has 0 atom stereocenters. The Labute approximate surface area is 189 Å². The fourth-order valence-corrected chi connectivity index (χ4v) is 4.15. The van der Waals surface area contributed by atoms with Gasteiger partial charge in [-0.15, -0.1) is 0 Å². The number of anilines is 1. The summed E-state index contributed by atoms with van der Waals surface area (Å²) in [5.74, 6) is -0.123. The van der Waals surface area contributed by atoms with Crippen molar-refractivity contribution in [1.29, 1.82) is 5.26 Å². The van der Waals surface area contributed by atoms with Crippen molar-refractivity contribution in [3.8, 4) is 6.07 Å². The van der Waals surface area contributed by atoms with Crippen molar-refractivity contribution in [3.63, 3.8) is 0 Å². The van der Waals surface area contributed by atoms with E-state index in [2.05, 4.69) is 6.07 Å². The predicted molar refractivity (Wildman–Crippen MR) is 124 cm³/mol. The normalized spacial score (nSPS) is 13.6. The molecule has 3 N–H and O–H groups in total. The number of rotatable bonds is 2. The molecule has 1 fully saturated rings. The Bertz CT molecular complexity index is 1260. The first kappa shape index (κ1) is 22.6. The lowest BCUT2D eigenvalue weighted by atomic mass is 10.1. The number of benzene rings is 2. The second-order valence-corrected chi connectivity index (χ2v) is 7.94. The molecule has 1 amide bonds. The number of nitrogens with zero attached hydrogens (tertiary/aromatic N) is 4. The minimum Gasteiger partial charge on any atom is -0.366 e. The number of carbonyl (C=O) groups is 1. The maximum atomic E-state index is 12.8. The Morgan fingerprint density at radius 2 is 1.71 bits per heavy atom. The van der Waals surface area contributed by atoms with Gasteiger partial charge >= 0.3 is 0 Å². The lowest BCUT2D eigenvalue weighted by molar-refractivity contribution is 0.0747. The zero-order valence-electron chi connectivity index (χ0n) is 16.9. The summed E-state index contributed by atoms with van der Waals surface area (Å²) in [6.07, 6.45) is 0. The minimum atomic E-state index is -0.319. The van der Waals surface area contributed by atoms with Crippen molar-refractivity contribution < 1.29 is 4.79 Å². The molecule has 3 aromatic rings.